The zero-order chi connectivity index (χ0) is 20.1. The van der Waals surface area contributed by atoms with Crippen molar-refractivity contribution in [3.8, 4) is 0 Å². The van der Waals surface area contributed by atoms with Gasteiger partial charge in [0.05, 0.1) is 5.52 Å². The standard InChI is InChI=1S/C23H20BrFN2O2/c24-14-3-1-13(2-4-14)23(29)22(28)10-16-18-11-27(12-19(16)18)21-7-8-26-20-6-5-15(25)9-17(20)21/h1-9,16,18-19,23,29H,10-12H2. The largest absolute Gasteiger partial charge is 0.381 e. The first kappa shape index (κ1) is 18.7. The van der Waals surface area contributed by atoms with Crippen molar-refractivity contribution in [3.05, 3.63) is 70.6 Å². The number of fused-ring (bicyclic) bond motifs is 2. The summed E-state index contributed by atoms with van der Waals surface area (Å²) in [5.74, 6) is 0.852. The van der Waals surface area contributed by atoms with E-state index in [9.17, 15) is 14.3 Å². The van der Waals surface area contributed by atoms with Crippen molar-refractivity contribution in [1.82, 2.24) is 4.98 Å². The maximum Gasteiger partial charge on any atom is 0.166 e. The fourth-order valence-corrected chi connectivity index (χ4v) is 4.97. The van der Waals surface area contributed by atoms with Gasteiger partial charge in [0.25, 0.3) is 0 Å². The van der Waals surface area contributed by atoms with Crippen molar-refractivity contribution in [3.63, 3.8) is 0 Å². The molecule has 2 heterocycles. The number of carbonyl (C=O) groups excluding carboxylic acids is 1. The van der Waals surface area contributed by atoms with Gasteiger partial charge in [-0.2, -0.15) is 0 Å². The quantitative estimate of drug-likeness (QED) is 0.615. The first-order valence-electron chi connectivity index (χ1n) is 9.77. The molecule has 1 aliphatic heterocycles. The van der Waals surface area contributed by atoms with Crippen LogP contribution < -0.4 is 4.90 Å². The van der Waals surface area contributed by atoms with E-state index in [0.29, 0.717) is 29.7 Å². The number of aliphatic hydroxyl groups excluding tert-OH is 1. The second kappa shape index (κ2) is 7.18. The van der Waals surface area contributed by atoms with Gasteiger partial charge in [-0.15, -0.1) is 0 Å². The molecule has 1 aliphatic carbocycles. The van der Waals surface area contributed by atoms with Crippen LogP contribution in [-0.4, -0.2) is 29.0 Å². The van der Waals surface area contributed by atoms with E-state index in [1.54, 1.807) is 24.4 Å². The second-order valence-electron chi connectivity index (χ2n) is 8.01. The number of carbonyl (C=O) groups is 1. The van der Waals surface area contributed by atoms with Gasteiger partial charge in [-0.3, -0.25) is 9.78 Å². The zero-order valence-corrected chi connectivity index (χ0v) is 17.2. The van der Waals surface area contributed by atoms with E-state index in [1.807, 2.05) is 18.2 Å². The van der Waals surface area contributed by atoms with Crippen molar-refractivity contribution in [1.29, 1.82) is 0 Å². The maximum absolute atomic E-state index is 13.7. The number of halogens is 2. The average molecular weight is 455 g/mol. The minimum Gasteiger partial charge on any atom is -0.381 e. The number of aromatic nitrogens is 1. The lowest BCUT2D eigenvalue weighted by Gasteiger charge is -2.23. The molecule has 3 unspecified atom stereocenters. The number of benzene rings is 2. The monoisotopic (exact) mass is 454 g/mol. The number of aliphatic hydroxyl groups is 1. The van der Waals surface area contributed by atoms with Gasteiger partial charge in [-0.05, 0) is 59.7 Å². The number of rotatable bonds is 5. The summed E-state index contributed by atoms with van der Waals surface area (Å²) >= 11 is 3.36. The van der Waals surface area contributed by atoms with E-state index in [0.717, 1.165) is 34.2 Å². The molecule has 0 spiro atoms. The van der Waals surface area contributed by atoms with Crippen LogP contribution in [0.1, 0.15) is 18.1 Å². The Hall–Kier alpha value is -2.31. The molecule has 2 aliphatic rings. The first-order valence-corrected chi connectivity index (χ1v) is 10.6. The summed E-state index contributed by atoms with van der Waals surface area (Å²) in [6, 6.07) is 13.8. The molecule has 0 radical (unpaired) electrons. The van der Waals surface area contributed by atoms with Crippen LogP contribution in [0, 0.1) is 23.6 Å². The van der Waals surface area contributed by atoms with E-state index in [2.05, 4.69) is 25.8 Å². The Morgan fingerprint density at radius 2 is 1.90 bits per heavy atom. The van der Waals surface area contributed by atoms with Gasteiger partial charge in [-0.25, -0.2) is 4.39 Å². The Labute approximate surface area is 176 Å². The number of anilines is 1. The molecule has 2 aromatic carbocycles. The molecule has 3 atom stereocenters. The van der Waals surface area contributed by atoms with Crippen LogP contribution in [0.3, 0.4) is 0 Å². The van der Waals surface area contributed by atoms with Crippen LogP contribution in [-0.2, 0) is 4.79 Å². The fourth-order valence-electron chi connectivity index (χ4n) is 4.70. The number of pyridine rings is 1. The number of hydrogen-bond acceptors (Lipinski definition) is 4. The molecule has 1 N–H and O–H groups in total. The van der Waals surface area contributed by atoms with Gasteiger partial charge >= 0.3 is 0 Å². The Balaban J connectivity index is 1.24. The van der Waals surface area contributed by atoms with E-state index in [4.69, 9.17) is 0 Å². The van der Waals surface area contributed by atoms with Gasteiger partial charge in [0.15, 0.2) is 5.78 Å². The predicted octanol–water partition coefficient (Wildman–Crippen LogP) is 4.51. The normalized spacial score (nSPS) is 23.8. The summed E-state index contributed by atoms with van der Waals surface area (Å²) in [4.78, 5) is 19.1. The van der Waals surface area contributed by atoms with Crippen molar-refractivity contribution in [2.75, 3.05) is 18.0 Å². The molecule has 3 aromatic rings. The Kier molecular flexibility index (Phi) is 4.63. The SMILES string of the molecule is O=C(CC1C2CN(c3ccnc4ccc(F)cc34)CC12)C(O)c1ccc(Br)cc1. The van der Waals surface area contributed by atoms with Crippen molar-refractivity contribution in [2.45, 2.75) is 12.5 Å². The van der Waals surface area contributed by atoms with Crippen LogP contribution in [0.5, 0.6) is 0 Å². The van der Waals surface area contributed by atoms with E-state index < -0.39 is 6.10 Å². The number of ketones is 1. The predicted molar refractivity (Wildman–Crippen MR) is 113 cm³/mol. The average Bonchev–Trinajstić information content (AvgIpc) is 3.15. The molecule has 1 aromatic heterocycles. The van der Waals surface area contributed by atoms with Crippen LogP contribution in [0.25, 0.3) is 10.9 Å². The minimum absolute atomic E-state index is 0.116. The van der Waals surface area contributed by atoms with Gasteiger partial charge in [0, 0.05) is 41.3 Å². The highest BCUT2D eigenvalue weighted by Crippen LogP contribution is 2.55. The van der Waals surface area contributed by atoms with Crippen LogP contribution in [0.2, 0.25) is 0 Å². The third-order valence-electron chi connectivity index (χ3n) is 6.32. The first-order chi connectivity index (χ1) is 14.0. The van der Waals surface area contributed by atoms with Crippen LogP contribution in [0.4, 0.5) is 10.1 Å². The molecule has 1 saturated heterocycles. The number of hydrogen-bond donors (Lipinski definition) is 1. The lowest BCUT2D eigenvalue weighted by atomic mass is 10.0. The van der Waals surface area contributed by atoms with Crippen molar-refractivity contribution in [2.24, 2.45) is 17.8 Å². The molecule has 5 rings (SSSR count). The maximum atomic E-state index is 13.7. The topological polar surface area (TPSA) is 53.4 Å². The van der Waals surface area contributed by atoms with Gasteiger partial charge in [0.2, 0.25) is 0 Å². The molecular weight excluding hydrogens is 435 g/mol. The van der Waals surface area contributed by atoms with Crippen LogP contribution in [0.15, 0.2) is 59.2 Å². The molecule has 1 saturated carbocycles. The smallest absolute Gasteiger partial charge is 0.166 e. The molecule has 6 heteroatoms. The lowest BCUT2D eigenvalue weighted by Crippen LogP contribution is -2.25. The summed E-state index contributed by atoms with van der Waals surface area (Å²) in [6.45, 7) is 1.71. The second-order valence-corrected chi connectivity index (χ2v) is 8.93. The van der Waals surface area contributed by atoms with E-state index in [1.165, 1.54) is 12.1 Å². The van der Waals surface area contributed by atoms with E-state index >= 15 is 0 Å². The molecule has 0 bridgehead atoms. The zero-order valence-electron chi connectivity index (χ0n) is 15.6. The third kappa shape index (κ3) is 3.45. The summed E-state index contributed by atoms with van der Waals surface area (Å²) in [5.41, 5.74) is 2.42. The van der Waals surface area contributed by atoms with Gasteiger partial charge < -0.3 is 10.0 Å². The summed E-state index contributed by atoms with van der Waals surface area (Å²) in [7, 11) is 0. The minimum atomic E-state index is -1.06. The summed E-state index contributed by atoms with van der Waals surface area (Å²) < 4.78 is 14.6. The highest BCUT2D eigenvalue weighted by Gasteiger charge is 2.56. The Morgan fingerprint density at radius 1 is 1.17 bits per heavy atom. The molecule has 2 fully saturated rings. The molecule has 148 valence electrons. The molecule has 4 nitrogen and oxygen atoms in total. The van der Waals surface area contributed by atoms with Gasteiger partial charge in [0.1, 0.15) is 11.9 Å². The lowest BCUT2D eigenvalue weighted by molar-refractivity contribution is -0.127. The van der Waals surface area contributed by atoms with Crippen LogP contribution >= 0.6 is 15.9 Å². The van der Waals surface area contributed by atoms with E-state index in [-0.39, 0.29) is 11.6 Å². The summed E-state index contributed by atoms with van der Waals surface area (Å²) in [5, 5.41) is 11.2. The van der Waals surface area contributed by atoms with Crippen molar-refractivity contribution >= 4 is 38.3 Å². The number of nitrogens with zero attached hydrogens (tertiary/aromatic N) is 2. The molecular formula is C23H20BrFN2O2. The number of Topliss-reactive ketones (excluding diaryl/α,β-unsaturated/α-hetero) is 1. The number of piperidine rings is 1. The van der Waals surface area contributed by atoms with Crippen molar-refractivity contribution < 1.29 is 14.3 Å². The fraction of sp³-hybridized carbons (Fsp3) is 0.304. The highest BCUT2D eigenvalue weighted by atomic mass is 79.9. The molecule has 0 amide bonds. The molecule has 29 heavy (non-hydrogen) atoms. The Bertz CT molecular complexity index is 1080. The summed E-state index contributed by atoms with van der Waals surface area (Å²) in [6.07, 6.45) is 1.11. The Morgan fingerprint density at radius 3 is 2.62 bits per heavy atom. The highest BCUT2D eigenvalue weighted by molar-refractivity contribution is 9.10. The third-order valence-corrected chi connectivity index (χ3v) is 6.85. The van der Waals surface area contributed by atoms with Gasteiger partial charge in [-0.1, -0.05) is 28.1 Å².